The van der Waals surface area contributed by atoms with Crippen molar-refractivity contribution in [1.29, 1.82) is 0 Å². The van der Waals surface area contributed by atoms with Gasteiger partial charge in [-0.05, 0) is 6.42 Å². The zero-order valence-electron chi connectivity index (χ0n) is 10.9. The van der Waals surface area contributed by atoms with Gasteiger partial charge in [0.15, 0.2) is 0 Å². The first kappa shape index (κ1) is 16.5. The van der Waals surface area contributed by atoms with Crippen LogP contribution in [-0.4, -0.2) is 72.4 Å². The molecule has 9 heteroatoms. The summed E-state index contributed by atoms with van der Waals surface area (Å²) in [7, 11) is 0. The van der Waals surface area contributed by atoms with Crippen molar-refractivity contribution < 1.29 is 27.9 Å². The Kier molecular flexibility index (Phi) is 6.05. The number of carboxylic acids is 1. The van der Waals surface area contributed by atoms with E-state index in [1.165, 1.54) is 4.90 Å². The Hall–Kier alpha value is -1.51. The number of hydrogen-bond donors (Lipinski definition) is 2. The molecule has 1 heterocycles. The molecule has 1 aliphatic rings. The maximum atomic E-state index is 12.0. The molecule has 0 saturated carbocycles. The van der Waals surface area contributed by atoms with Gasteiger partial charge in [-0.1, -0.05) is 0 Å². The van der Waals surface area contributed by atoms with Gasteiger partial charge in [-0.3, -0.25) is 9.69 Å². The van der Waals surface area contributed by atoms with Crippen molar-refractivity contribution in [2.45, 2.75) is 19.0 Å². The van der Waals surface area contributed by atoms with Crippen molar-refractivity contribution in [2.75, 3.05) is 39.3 Å². The molecule has 116 valence electrons. The largest absolute Gasteiger partial charge is 0.480 e. The molecule has 0 bridgehead atoms. The van der Waals surface area contributed by atoms with Gasteiger partial charge in [0, 0.05) is 32.7 Å². The van der Waals surface area contributed by atoms with Crippen LogP contribution in [0.3, 0.4) is 0 Å². The lowest BCUT2D eigenvalue weighted by atomic mass is 10.4. The van der Waals surface area contributed by atoms with E-state index < -0.39 is 31.1 Å². The molecule has 0 aromatic carbocycles. The Bertz CT molecular complexity index is 350. The monoisotopic (exact) mass is 297 g/mol. The number of nitrogens with zero attached hydrogens (tertiary/aromatic N) is 2. The first-order valence-corrected chi connectivity index (χ1v) is 6.31. The first-order valence-electron chi connectivity index (χ1n) is 6.31. The zero-order chi connectivity index (χ0) is 15.2. The molecule has 6 nitrogen and oxygen atoms in total. The van der Waals surface area contributed by atoms with Gasteiger partial charge in [-0.15, -0.1) is 0 Å². The number of carbonyl (C=O) groups excluding carboxylic acids is 1. The quantitative estimate of drug-likeness (QED) is 0.803. The Morgan fingerprint density at radius 2 is 1.85 bits per heavy atom. The number of halogens is 3. The van der Waals surface area contributed by atoms with Crippen LogP contribution in [0.2, 0.25) is 0 Å². The summed E-state index contributed by atoms with van der Waals surface area (Å²) in [5.41, 5.74) is 0. The van der Waals surface area contributed by atoms with Crippen LogP contribution in [0.25, 0.3) is 0 Å². The topological polar surface area (TPSA) is 72.9 Å². The molecule has 0 unspecified atom stereocenters. The average Bonchev–Trinajstić information content (AvgIpc) is 2.52. The molecule has 0 aliphatic carbocycles. The number of alkyl halides is 3. The number of nitrogens with one attached hydrogen (secondary N) is 1. The summed E-state index contributed by atoms with van der Waals surface area (Å²) in [5.74, 6) is -0.937. The molecule has 0 radical (unpaired) electrons. The summed E-state index contributed by atoms with van der Waals surface area (Å²) in [5, 5.41) is 10.9. The standard InChI is InChI=1S/C11H18F3N3O3/c12-11(13,14)2-3-15-10(20)17-5-1-4-16(6-7-17)8-9(18)19/h1-8H2,(H,15,20)(H,18,19). The van der Waals surface area contributed by atoms with Crippen LogP contribution in [0.15, 0.2) is 0 Å². The van der Waals surface area contributed by atoms with Crippen molar-refractivity contribution in [3.63, 3.8) is 0 Å². The highest BCUT2D eigenvalue weighted by Gasteiger charge is 2.27. The number of rotatable bonds is 4. The zero-order valence-corrected chi connectivity index (χ0v) is 10.9. The molecule has 0 aromatic rings. The molecular weight excluding hydrogens is 279 g/mol. The lowest BCUT2D eigenvalue weighted by molar-refractivity contribution is -0.138. The van der Waals surface area contributed by atoms with Gasteiger partial charge in [-0.25, -0.2) is 4.79 Å². The molecule has 2 N–H and O–H groups in total. The van der Waals surface area contributed by atoms with Crippen LogP contribution in [-0.2, 0) is 4.79 Å². The Labute approximate surface area is 114 Å². The van der Waals surface area contributed by atoms with E-state index >= 15 is 0 Å². The second kappa shape index (κ2) is 7.32. The molecule has 20 heavy (non-hydrogen) atoms. The fourth-order valence-electron chi connectivity index (χ4n) is 1.95. The fraction of sp³-hybridized carbons (Fsp3) is 0.818. The van der Waals surface area contributed by atoms with E-state index in [9.17, 15) is 22.8 Å². The lowest BCUT2D eigenvalue weighted by Crippen LogP contribution is -2.43. The van der Waals surface area contributed by atoms with Crippen molar-refractivity contribution in [3.8, 4) is 0 Å². The number of amides is 2. The second-order valence-corrected chi connectivity index (χ2v) is 4.61. The van der Waals surface area contributed by atoms with Crippen LogP contribution in [0.5, 0.6) is 0 Å². The van der Waals surface area contributed by atoms with Crippen molar-refractivity contribution in [1.82, 2.24) is 15.1 Å². The molecular formula is C11H18F3N3O3. The highest BCUT2D eigenvalue weighted by Crippen LogP contribution is 2.18. The average molecular weight is 297 g/mol. The maximum Gasteiger partial charge on any atom is 0.390 e. The van der Waals surface area contributed by atoms with Gasteiger partial charge >= 0.3 is 18.2 Å². The normalized spacial score (nSPS) is 17.6. The van der Waals surface area contributed by atoms with E-state index in [0.29, 0.717) is 32.6 Å². The van der Waals surface area contributed by atoms with Crippen LogP contribution >= 0.6 is 0 Å². The number of urea groups is 1. The number of hydrogen-bond acceptors (Lipinski definition) is 3. The SMILES string of the molecule is O=C(O)CN1CCCN(C(=O)NCCC(F)(F)F)CC1. The Balaban J connectivity index is 2.33. The highest BCUT2D eigenvalue weighted by atomic mass is 19.4. The summed E-state index contributed by atoms with van der Waals surface area (Å²) in [6.07, 6.45) is -4.75. The third-order valence-corrected chi connectivity index (χ3v) is 2.92. The van der Waals surface area contributed by atoms with E-state index in [-0.39, 0.29) is 6.54 Å². The van der Waals surface area contributed by atoms with Crippen LogP contribution in [0.1, 0.15) is 12.8 Å². The smallest absolute Gasteiger partial charge is 0.390 e. The van der Waals surface area contributed by atoms with E-state index in [1.54, 1.807) is 4.90 Å². The predicted octanol–water partition coefficient (Wildman–Crippen LogP) is 0.741. The number of aliphatic carboxylic acids is 1. The second-order valence-electron chi connectivity index (χ2n) is 4.61. The van der Waals surface area contributed by atoms with E-state index in [4.69, 9.17) is 5.11 Å². The molecule has 1 saturated heterocycles. The van der Waals surface area contributed by atoms with Crippen LogP contribution in [0, 0.1) is 0 Å². The maximum absolute atomic E-state index is 12.0. The van der Waals surface area contributed by atoms with Crippen LogP contribution in [0.4, 0.5) is 18.0 Å². The minimum Gasteiger partial charge on any atom is -0.480 e. The third kappa shape index (κ3) is 6.60. The molecule has 1 fully saturated rings. The predicted molar refractivity (Wildman–Crippen MR) is 64.3 cm³/mol. The number of carboxylic acid groups (broad SMARTS) is 1. The molecule has 0 atom stereocenters. The van der Waals surface area contributed by atoms with Gasteiger partial charge < -0.3 is 15.3 Å². The molecule has 1 aliphatic heterocycles. The van der Waals surface area contributed by atoms with Gasteiger partial charge in [0.2, 0.25) is 0 Å². The summed E-state index contributed by atoms with van der Waals surface area (Å²) in [6, 6.07) is -0.536. The highest BCUT2D eigenvalue weighted by molar-refractivity contribution is 5.74. The minimum atomic E-state index is -4.29. The molecule has 0 spiro atoms. The van der Waals surface area contributed by atoms with Gasteiger partial charge in [0.25, 0.3) is 0 Å². The summed E-state index contributed by atoms with van der Waals surface area (Å²) in [4.78, 5) is 25.4. The Morgan fingerprint density at radius 1 is 1.15 bits per heavy atom. The van der Waals surface area contributed by atoms with Gasteiger partial charge in [-0.2, -0.15) is 13.2 Å². The van der Waals surface area contributed by atoms with E-state index in [2.05, 4.69) is 5.32 Å². The molecule has 2 amide bonds. The van der Waals surface area contributed by atoms with E-state index in [1.807, 2.05) is 0 Å². The van der Waals surface area contributed by atoms with Gasteiger partial charge in [0.1, 0.15) is 0 Å². The van der Waals surface area contributed by atoms with E-state index in [0.717, 1.165) is 0 Å². The number of carbonyl (C=O) groups is 2. The Morgan fingerprint density at radius 3 is 2.45 bits per heavy atom. The van der Waals surface area contributed by atoms with Crippen molar-refractivity contribution in [3.05, 3.63) is 0 Å². The van der Waals surface area contributed by atoms with Crippen molar-refractivity contribution >= 4 is 12.0 Å². The van der Waals surface area contributed by atoms with Crippen molar-refractivity contribution in [2.24, 2.45) is 0 Å². The molecule has 1 rings (SSSR count). The third-order valence-electron chi connectivity index (χ3n) is 2.92. The first-order chi connectivity index (χ1) is 9.28. The van der Waals surface area contributed by atoms with Crippen LogP contribution < -0.4 is 5.32 Å². The summed E-state index contributed by atoms with van der Waals surface area (Å²) < 4.78 is 35.9. The molecule has 0 aromatic heterocycles. The summed E-state index contributed by atoms with van der Waals surface area (Å²) in [6.45, 7) is 1.14. The summed E-state index contributed by atoms with van der Waals surface area (Å²) >= 11 is 0. The minimum absolute atomic E-state index is 0.0937. The lowest BCUT2D eigenvalue weighted by Gasteiger charge is -2.21. The van der Waals surface area contributed by atoms with Gasteiger partial charge in [0.05, 0.1) is 13.0 Å². The fourth-order valence-corrected chi connectivity index (χ4v) is 1.95.